The van der Waals surface area contributed by atoms with E-state index in [9.17, 15) is 4.79 Å². The van der Waals surface area contributed by atoms with Crippen molar-refractivity contribution in [2.75, 3.05) is 20.1 Å². The highest BCUT2D eigenvalue weighted by molar-refractivity contribution is 5.80. The highest BCUT2D eigenvalue weighted by atomic mass is 16.5. The molecule has 1 amide bonds. The van der Waals surface area contributed by atoms with Gasteiger partial charge in [-0.3, -0.25) is 9.79 Å². The van der Waals surface area contributed by atoms with Crippen molar-refractivity contribution in [1.82, 2.24) is 15.5 Å². The van der Waals surface area contributed by atoms with E-state index in [1.54, 1.807) is 7.05 Å². The van der Waals surface area contributed by atoms with E-state index in [0.29, 0.717) is 24.6 Å². The van der Waals surface area contributed by atoms with E-state index in [0.717, 1.165) is 68.9 Å². The summed E-state index contributed by atoms with van der Waals surface area (Å²) in [5.74, 6) is 2.27. The molecule has 1 saturated heterocycles. The van der Waals surface area contributed by atoms with Crippen molar-refractivity contribution in [3.05, 3.63) is 29.8 Å². The molecule has 6 heteroatoms. The van der Waals surface area contributed by atoms with Gasteiger partial charge in [-0.15, -0.1) is 0 Å². The fourth-order valence-corrected chi connectivity index (χ4v) is 4.14. The van der Waals surface area contributed by atoms with Gasteiger partial charge in [0.25, 0.3) is 0 Å². The van der Waals surface area contributed by atoms with Crippen LogP contribution in [-0.2, 0) is 11.3 Å². The van der Waals surface area contributed by atoms with Crippen LogP contribution in [0.25, 0.3) is 0 Å². The van der Waals surface area contributed by atoms with Crippen LogP contribution in [0, 0.1) is 5.92 Å². The van der Waals surface area contributed by atoms with Crippen LogP contribution in [0.3, 0.4) is 0 Å². The van der Waals surface area contributed by atoms with Gasteiger partial charge in [0, 0.05) is 44.2 Å². The lowest BCUT2D eigenvalue weighted by Crippen LogP contribution is -2.50. The molecule has 2 fully saturated rings. The van der Waals surface area contributed by atoms with Crippen molar-refractivity contribution < 1.29 is 9.53 Å². The third kappa shape index (κ3) is 5.89. The molecule has 1 saturated carbocycles. The Balaban J connectivity index is 1.46. The summed E-state index contributed by atoms with van der Waals surface area (Å²) in [5.41, 5.74) is 1.15. The van der Waals surface area contributed by atoms with Crippen LogP contribution in [-0.4, -0.2) is 49.0 Å². The maximum Gasteiger partial charge on any atom is 0.225 e. The van der Waals surface area contributed by atoms with E-state index in [4.69, 9.17) is 4.74 Å². The summed E-state index contributed by atoms with van der Waals surface area (Å²) in [6, 6.07) is 8.58. The Labute approximate surface area is 181 Å². The minimum atomic E-state index is 0.172. The maximum absolute atomic E-state index is 12.6. The number of likely N-dealkylation sites (tertiary alicyclic amines) is 1. The molecular weight excluding hydrogens is 376 g/mol. The Morgan fingerprint density at radius 1 is 1.17 bits per heavy atom. The zero-order valence-electron chi connectivity index (χ0n) is 18.8. The number of benzene rings is 1. The topological polar surface area (TPSA) is 66.0 Å². The van der Waals surface area contributed by atoms with Crippen LogP contribution in [0.4, 0.5) is 0 Å². The van der Waals surface area contributed by atoms with Gasteiger partial charge in [0.15, 0.2) is 5.96 Å². The Morgan fingerprint density at radius 2 is 1.87 bits per heavy atom. The minimum Gasteiger partial charge on any atom is -0.490 e. The van der Waals surface area contributed by atoms with Crippen LogP contribution in [0.15, 0.2) is 29.3 Å². The van der Waals surface area contributed by atoms with Gasteiger partial charge in [-0.05, 0) is 51.0 Å². The molecule has 1 heterocycles. The number of carbonyl (C=O) groups excluding carboxylic acids is 1. The minimum absolute atomic E-state index is 0.172. The molecule has 30 heavy (non-hydrogen) atoms. The smallest absolute Gasteiger partial charge is 0.225 e. The molecule has 0 atom stereocenters. The molecule has 0 spiro atoms. The third-order valence-corrected chi connectivity index (χ3v) is 6.47. The molecule has 0 aromatic heterocycles. The molecule has 0 bridgehead atoms. The summed E-state index contributed by atoms with van der Waals surface area (Å²) < 4.78 is 6.13. The summed E-state index contributed by atoms with van der Waals surface area (Å²) in [5, 5.41) is 6.97. The first-order valence-electron chi connectivity index (χ1n) is 11.6. The Morgan fingerprint density at radius 3 is 2.47 bits per heavy atom. The molecule has 0 radical (unpaired) electrons. The highest BCUT2D eigenvalue weighted by Gasteiger charge is 2.27. The fourth-order valence-electron chi connectivity index (χ4n) is 4.14. The fraction of sp³-hybridized carbons (Fsp3) is 0.667. The third-order valence-electron chi connectivity index (χ3n) is 6.47. The maximum atomic E-state index is 12.6. The predicted molar refractivity (Wildman–Crippen MR) is 122 cm³/mol. The Hall–Kier alpha value is -2.24. The molecule has 166 valence electrons. The van der Waals surface area contributed by atoms with Crippen molar-refractivity contribution in [2.45, 2.75) is 77.5 Å². The first-order chi connectivity index (χ1) is 14.6. The number of ether oxygens (including phenoxy) is 1. The molecule has 1 aromatic carbocycles. The van der Waals surface area contributed by atoms with Gasteiger partial charge < -0.3 is 20.3 Å². The molecule has 3 rings (SSSR count). The number of rotatable bonds is 8. The standard InChI is InChI=1S/C24H38N4O2/c1-4-18(5-2)23(29)28-15-13-20(14-16-28)27-24(25-3)26-17-19-9-6-7-12-22(19)30-21-10-8-11-21/h6-7,9,12,18,20-21H,4-5,8,10-11,13-17H2,1-3H3,(H2,25,26,27). The summed E-state index contributed by atoms with van der Waals surface area (Å²) in [4.78, 5) is 19.0. The van der Waals surface area contributed by atoms with Crippen LogP contribution >= 0.6 is 0 Å². The molecule has 1 aliphatic heterocycles. The summed E-state index contributed by atoms with van der Waals surface area (Å²) in [6.45, 7) is 6.52. The van der Waals surface area contributed by atoms with Gasteiger partial charge in [-0.1, -0.05) is 32.0 Å². The molecule has 2 aliphatic rings. The van der Waals surface area contributed by atoms with E-state index in [-0.39, 0.29) is 5.92 Å². The van der Waals surface area contributed by atoms with Crippen molar-refractivity contribution >= 4 is 11.9 Å². The Kier molecular flexibility index (Phi) is 8.40. The number of piperidine rings is 1. The number of hydrogen-bond acceptors (Lipinski definition) is 3. The van der Waals surface area contributed by atoms with Gasteiger partial charge in [0.1, 0.15) is 5.75 Å². The van der Waals surface area contributed by atoms with Gasteiger partial charge in [0.2, 0.25) is 5.91 Å². The number of nitrogens with zero attached hydrogens (tertiary/aromatic N) is 2. The van der Waals surface area contributed by atoms with E-state index >= 15 is 0 Å². The highest BCUT2D eigenvalue weighted by Crippen LogP contribution is 2.27. The van der Waals surface area contributed by atoms with E-state index < -0.39 is 0 Å². The second-order valence-corrected chi connectivity index (χ2v) is 8.46. The summed E-state index contributed by atoms with van der Waals surface area (Å²) >= 11 is 0. The van der Waals surface area contributed by atoms with Crippen LogP contribution in [0.5, 0.6) is 5.75 Å². The number of aliphatic imine (C=N–C) groups is 1. The summed E-state index contributed by atoms with van der Waals surface area (Å²) in [6.07, 6.45) is 7.71. The average Bonchev–Trinajstić information content (AvgIpc) is 2.75. The van der Waals surface area contributed by atoms with Crippen molar-refractivity contribution in [3.8, 4) is 5.75 Å². The lowest BCUT2D eigenvalue weighted by Gasteiger charge is -2.35. The van der Waals surface area contributed by atoms with Gasteiger partial charge in [-0.2, -0.15) is 0 Å². The average molecular weight is 415 g/mol. The number of guanidine groups is 1. The molecule has 6 nitrogen and oxygen atoms in total. The molecule has 2 N–H and O–H groups in total. The first-order valence-corrected chi connectivity index (χ1v) is 11.6. The lowest BCUT2D eigenvalue weighted by molar-refractivity contribution is -0.136. The number of hydrogen-bond donors (Lipinski definition) is 2. The van der Waals surface area contributed by atoms with Crippen molar-refractivity contribution in [1.29, 1.82) is 0 Å². The van der Waals surface area contributed by atoms with Crippen LogP contribution in [0.2, 0.25) is 0 Å². The quantitative estimate of drug-likeness (QED) is 0.503. The van der Waals surface area contributed by atoms with E-state index in [1.807, 2.05) is 17.0 Å². The van der Waals surface area contributed by atoms with Crippen LogP contribution in [0.1, 0.15) is 64.4 Å². The largest absolute Gasteiger partial charge is 0.490 e. The first kappa shape index (κ1) is 22.4. The lowest BCUT2D eigenvalue weighted by atomic mass is 9.96. The van der Waals surface area contributed by atoms with Crippen molar-refractivity contribution in [2.24, 2.45) is 10.9 Å². The number of nitrogens with one attached hydrogen (secondary N) is 2. The number of amides is 1. The normalized spacial score (nSPS) is 18.3. The van der Waals surface area contributed by atoms with E-state index in [1.165, 1.54) is 6.42 Å². The zero-order valence-corrected chi connectivity index (χ0v) is 18.8. The van der Waals surface area contributed by atoms with Crippen molar-refractivity contribution in [3.63, 3.8) is 0 Å². The second kappa shape index (κ2) is 11.2. The molecule has 0 unspecified atom stereocenters. The molecule has 1 aromatic rings. The SMILES string of the molecule is CCC(CC)C(=O)N1CCC(NC(=NC)NCc2ccccc2OC2CCC2)CC1. The van der Waals surface area contributed by atoms with Crippen LogP contribution < -0.4 is 15.4 Å². The zero-order chi connectivity index (χ0) is 21.3. The molecular formula is C24H38N4O2. The summed E-state index contributed by atoms with van der Waals surface area (Å²) in [7, 11) is 1.80. The van der Waals surface area contributed by atoms with Gasteiger partial charge in [0.05, 0.1) is 6.10 Å². The number of carbonyl (C=O) groups is 1. The van der Waals surface area contributed by atoms with E-state index in [2.05, 4.69) is 41.6 Å². The Bertz CT molecular complexity index is 705. The number of para-hydroxylation sites is 1. The molecule has 1 aliphatic carbocycles. The second-order valence-electron chi connectivity index (χ2n) is 8.46. The predicted octanol–water partition coefficient (Wildman–Crippen LogP) is 3.71. The van der Waals surface area contributed by atoms with Gasteiger partial charge in [-0.25, -0.2) is 0 Å². The monoisotopic (exact) mass is 414 g/mol. The van der Waals surface area contributed by atoms with Gasteiger partial charge >= 0.3 is 0 Å².